The van der Waals surface area contributed by atoms with Crippen molar-refractivity contribution in [3.05, 3.63) is 54.1 Å². The Morgan fingerprint density at radius 2 is 1.72 bits per heavy atom. The number of hydrogen-bond donors (Lipinski definition) is 1. The summed E-state index contributed by atoms with van der Waals surface area (Å²) in [7, 11) is 0. The number of ether oxygens (including phenoxy) is 1. The largest absolute Gasteiger partial charge is 0.396 e. The molecule has 146 valence electrons. The third kappa shape index (κ3) is 2.12. The van der Waals surface area contributed by atoms with Crippen LogP contribution in [0.4, 0.5) is 5.69 Å². The summed E-state index contributed by atoms with van der Waals surface area (Å²) in [4.78, 5) is 28.4. The Morgan fingerprint density at radius 1 is 1.07 bits per heavy atom. The highest BCUT2D eigenvalue weighted by Crippen LogP contribution is 2.60. The Morgan fingerprint density at radius 3 is 2.38 bits per heavy atom. The van der Waals surface area contributed by atoms with Crippen LogP contribution in [0.25, 0.3) is 10.8 Å². The number of nitrogens with zero attached hydrogens (tertiary/aromatic N) is 2. The van der Waals surface area contributed by atoms with Gasteiger partial charge < -0.3 is 9.84 Å². The van der Waals surface area contributed by atoms with Gasteiger partial charge in [-0.25, -0.2) is 4.90 Å². The van der Waals surface area contributed by atoms with E-state index in [2.05, 4.69) is 6.07 Å². The average molecular weight is 388 g/mol. The molecule has 3 aliphatic rings. The molecule has 29 heavy (non-hydrogen) atoms. The molecule has 2 bridgehead atoms. The Labute approximate surface area is 168 Å². The molecule has 3 heterocycles. The van der Waals surface area contributed by atoms with Crippen LogP contribution < -0.4 is 4.90 Å². The second kappa shape index (κ2) is 5.99. The van der Waals surface area contributed by atoms with Crippen molar-refractivity contribution in [1.29, 1.82) is 5.26 Å². The van der Waals surface area contributed by atoms with Crippen molar-refractivity contribution < 1.29 is 19.4 Å². The predicted octanol–water partition coefficient (Wildman–Crippen LogP) is 2.69. The number of anilines is 1. The second-order valence-corrected chi connectivity index (χ2v) is 7.93. The van der Waals surface area contributed by atoms with Gasteiger partial charge in [0.15, 0.2) is 0 Å². The van der Waals surface area contributed by atoms with Gasteiger partial charge in [-0.1, -0.05) is 43.3 Å². The Balaban J connectivity index is 1.68. The highest BCUT2D eigenvalue weighted by Gasteiger charge is 2.72. The maximum atomic E-state index is 13.6. The summed E-state index contributed by atoms with van der Waals surface area (Å²) in [6, 6.07) is 12.8. The zero-order valence-electron chi connectivity index (χ0n) is 16.0. The van der Waals surface area contributed by atoms with Gasteiger partial charge in [0.2, 0.25) is 11.8 Å². The third-order valence-electron chi connectivity index (χ3n) is 6.70. The molecule has 6 heteroatoms. The standard InChI is InChI=1S/C23H20N2O4/c1-2-22-9-10-23(29-22,11-12-26)19-18(22)20(27)25(21(19)28)17-8-7-14(13-24)15-5-3-4-6-16(15)17/h3-10,18-19,26H,2,11-12H2,1H3/t18-,19+,22-,23-/m0/s1. The number of amides is 2. The van der Waals surface area contributed by atoms with Crippen LogP contribution in [-0.4, -0.2) is 34.7 Å². The number of aliphatic hydroxyl groups excluding tert-OH is 1. The number of hydrogen-bond acceptors (Lipinski definition) is 5. The van der Waals surface area contributed by atoms with E-state index in [9.17, 15) is 20.0 Å². The van der Waals surface area contributed by atoms with Crippen LogP contribution in [-0.2, 0) is 14.3 Å². The highest BCUT2D eigenvalue weighted by atomic mass is 16.5. The number of aliphatic hydroxyl groups is 1. The summed E-state index contributed by atoms with van der Waals surface area (Å²) < 4.78 is 6.27. The minimum Gasteiger partial charge on any atom is -0.396 e. The molecule has 0 unspecified atom stereocenters. The molecule has 2 fully saturated rings. The summed E-state index contributed by atoms with van der Waals surface area (Å²) >= 11 is 0. The van der Waals surface area contributed by atoms with Crippen molar-refractivity contribution in [2.24, 2.45) is 11.8 Å². The molecular formula is C23H20N2O4. The number of benzene rings is 2. The van der Waals surface area contributed by atoms with Crippen LogP contribution >= 0.6 is 0 Å². The fourth-order valence-corrected chi connectivity index (χ4v) is 5.38. The fraction of sp³-hybridized carbons (Fsp3) is 0.348. The number of imide groups is 1. The van der Waals surface area contributed by atoms with Crippen molar-refractivity contribution in [3.8, 4) is 6.07 Å². The lowest BCUT2D eigenvalue weighted by Gasteiger charge is -2.29. The molecule has 0 aromatic heterocycles. The van der Waals surface area contributed by atoms with E-state index in [0.717, 1.165) is 0 Å². The van der Waals surface area contributed by atoms with Crippen LogP contribution in [0.1, 0.15) is 25.3 Å². The van der Waals surface area contributed by atoms with Gasteiger partial charge in [0, 0.05) is 23.8 Å². The fourth-order valence-electron chi connectivity index (χ4n) is 5.38. The zero-order chi connectivity index (χ0) is 20.4. The molecule has 2 aromatic carbocycles. The Kier molecular flexibility index (Phi) is 3.73. The lowest BCUT2D eigenvalue weighted by Crippen LogP contribution is -2.41. The number of carbonyl (C=O) groups excluding carboxylic acids is 2. The monoisotopic (exact) mass is 388 g/mol. The molecule has 0 aliphatic carbocycles. The molecule has 0 spiro atoms. The van der Waals surface area contributed by atoms with Crippen molar-refractivity contribution in [3.63, 3.8) is 0 Å². The van der Waals surface area contributed by atoms with Crippen molar-refractivity contribution in [1.82, 2.24) is 0 Å². The van der Waals surface area contributed by atoms with E-state index < -0.39 is 23.0 Å². The molecule has 4 atom stereocenters. The van der Waals surface area contributed by atoms with E-state index in [0.29, 0.717) is 28.4 Å². The normalized spacial score (nSPS) is 32.2. The van der Waals surface area contributed by atoms with E-state index in [-0.39, 0.29) is 24.8 Å². The van der Waals surface area contributed by atoms with Crippen LogP contribution in [0.3, 0.4) is 0 Å². The van der Waals surface area contributed by atoms with Gasteiger partial charge >= 0.3 is 0 Å². The van der Waals surface area contributed by atoms with E-state index in [1.165, 1.54) is 4.90 Å². The summed E-state index contributed by atoms with van der Waals surface area (Å²) in [5.41, 5.74) is -0.771. The summed E-state index contributed by atoms with van der Waals surface area (Å²) in [6.07, 6.45) is 4.60. The first-order valence-corrected chi connectivity index (χ1v) is 9.83. The first-order chi connectivity index (χ1) is 14.0. The van der Waals surface area contributed by atoms with E-state index in [1.54, 1.807) is 12.1 Å². The van der Waals surface area contributed by atoms with Gasteiger partial charge in [0.25, 0.3) is 0 Å². The molecule has 0 radical (unpaired) electrons. The van der Waals surface area contributed by atoms with Crippen molar-refractivity contribution in [2.75, 3.05) is 11.5 Å². The molecule has 2 amide bonds. The van der Waals surface area contributed by atoms with Gasteiger partial charge in [-0.05, 0) is 18.6 Å². The Bertz CT molecular complexity index is 1130. The number of carbonyl (C=O) groups is 2. The molecule has 2 aromatic rings. The third-order valence-corrected chi connectivity index (χ3v) is 6.70. The molecule has 6 nitrogen and oxygen atoms in total. The van der Waals surface area contributed by atoms with E-state index in [4.69, 9.17) is 4.74 Å². The maximum absolute atomic E-state index is 13.6. The summed E-state index contributed by atoms with van der Waals surface area (Å²) in [6.45, 7) is 1.81. The lowest BCUT2D eigenvalue weighted by atomic mass is 9.70. The Hall–Kier alpha value is -3.01. The molecule has 2 saturated heterocycles. The predicted molar refractivity (Wildman–Crippen MR) is 106 cm³/mol. The van der Waals surface area contributed by atoms with Crippen LogP contribution in [0.5, 0.6) is 0 Å². The average Bonchev–Trinajstić information content (AvgIpc) is 3.34. The van der Waals surface area contributed by atoms with E-state index >= 15 is 0 Å². The number of nitriles is 1. The number of fused-ring (bicyclic) bond motifs is 6. The molecule has 5 rings (SSSR count). The van der Waals surface area contributed by atoms with Gasteiger partial charge in [-0.15, -0.1) is 0 Å². The van der Waals surface area contributed by atoms with Gasteiger partial charge in [-0.3, -0.25) is 9.59 Å². The summed E-state index contributed by atoms with van der Waals surface area (Å²) in [5, 5.41) is 20.4. The van der Waals surface area contributed by atoms with Crippen molar-refractivity contribution in [2.45, 2.75) is 31.0 Å². The molecule has 3 aliphatic heterocycles. The minimum absolute atomic E-state index is 0.130. The highest BCUT2D eigenvalue weighted by molar-refractivity contribution is 6.26. The smallest absolute Gasteiger partial charge is 0.241 e. The van der Waals surface area contributed by atoms with Gasteiger partial charge in [0.05, 0.1) is 34.8 Å². The van der Waals surface area contributed by atoms with Gasteiger partial charge in [-0.2, -0.15) is 5.26 Å². The van der Waals surface area contributed by atoms with Crippen LogP contribution in [0.15, 0.2) is 48.6 Å². The SMILES string of the molecule is CC[C@@]12C=C[C@@](CCO)(O1)[C@H]1C(=O)N(c3ccc(C#N)c4ccccc34)C(=O)[C@H]12. The first-order valence-electron chi connectivity index (χ1n) is 9.83. The van der Waals surface area contributed by atoms with Crippen LogP contribution in [0, 0.1) is 23.2 Å². The van der Waals surface area contributed by atoms with Crippen molar-refractivity contribution >= 4 is 28.3 Å². The zero-order valence-corrected chi connectivity index (χ0v) is 16.0. The second-order valence-electron chi connectivity index (χ2n) is 7.93. The van der Waals surface area contributed by atoms with Crippen LogP contribution in [0.2, 0.25) is 0 Å². The maximum Gasteiger partial charge on any atom is 0.241 e. The molecular weight excluding hydrogens is 368 g/mol. The summed E-state index contributed by atoms with van der Waals surface area (Å²) in [5.74, 6) is -1.84. The van der Waals surface area contributed by atoms with Gasteiger partial charge in [0.1, 0.15) is 5.60 Å². The quantitative estimate of drug-likeness (QED) is 0.642. The molecule has 0 saturated carbocycles. The van der Waals surface area contributed by atoms with E-state index in [1.807, 2.05) is 43.3 Å². The topological polar surface area (TPSA) is 90.6 Å². The number of rotatable bonds is 4. The first kappa shape index (κ1) is 18.0. The molecule has 1 N–H and O–H groups in total. The lowest BCUT2D eigenvalue weighted by molar-refractivity contribution is -0.130. The minimum atomic E-state index is -0.945.